The predicted octanol–water partition coefficient (Wildman–Crippen LogP) is 0.254. The third kappa shape index (κ3) is 5.35. The molecule has 0 spiro atoms. The summed E-state index contributed by atoms with van der Waals surface area (Å²) in [4.78, 5) is 48.8. The first-order valence-corrected chi connectivity index (χ1v) is 6.30. The third-order valence-electron chi connectivity index (χ3n) is 2.67. The quantitative estimate of drug-likeness (QED) is 0.637. The number of carboxylic acids is 1. The number of aliphatic carboxylic acids is 1. The van der Waals surface area contributed by atoms with Crippen molar-refractivity contribution in [2.45, 2.75) is 45.1 Å². The number of hydrogen-bond donors (Lipinski definition) is 1. The van der Waals surface area contributed by atoms with E-state index in [2.05, 4.69) is 4.84 Å². The van der Waals surface area contributed by atoms with E-state index in [4.69, 9.17) is 9.84 Å². The molecule has 0 aromatic carbocycles. The number of hydrogen-bond acceptors (Lipinski definition) is 6. The van der Waals surface area contributed by atoms with Crippen molar-refractivity contribution in [3.8, 4) is 0 Å². The minimum atomic E-state index is -0.911. The molecule has 0 bridgehead atoms. The molecule has 20 heavy (non-hydrogen) atoms. The van der Waals surface area contributed by atoms with E-state index in [0.29, 0.717) is 11.5 Å². The highest BCUT2D eigenvalue weighted by Gasteiger charge is 2.32. The first-order valence-electron chi connectivity index (χ1n) is 6.30. The van der Waals surface area contributed by atoms with Crippen LogP contribution in [0.15, 0.2) is 0 Å². The molecule has 8 heteroatoms. The Bertz CT molecular complexity index is 391. The minimum Gasteiger partial charge on any atom is -0.481 e. The summed E-state index contributed by atoms with van der Waals surface area (Å²) >= 11 is 0. The topological polar surface area (TPSA) is 110 Å². The zero-order chi connectivity index (χ0) is 15.1. The molecule has 0 aliphatic carbocycles. The summed E-state index contributed by atoms with van der Waals surface area (Å²) in [6.45, 7) is 1.73. The highest BCUT2D eigenvalue weighted by Crippen LogP contribution is 2.12. The average molecular weight is 287 g/mol. The van der Waals surface area contributed by atoms with Crippen LogP contribution >= 0.6 is 0 Å². The lowest BCUT2D eigenvalue weighted by Crippen LogP contribution is -2.32. The van der Waals surface area contributed by atoms with E-state index in [-0.39, 0.29) is 38.4 Å². The number of carbonyl (C=O) groups is 4. The Labute approximate surface area is 115 Å². The van der Waals surface area contributed by atoms with Crippen molar-refractivity contribution in [3.05, 3.63) is 0 Å². The lowest BCUT2D eigenvalue weighted by atomic mass is 10.2. The fraction of sp³-hybridized carbons (Fsp3) is 0.667. The van der Waals surface area contributed by atoms with Crippen LogP contribution in [0.3, 0.4) is 0 Å². The average Bonchev–Trinajstić information content (AvgIpc) is 2.68. The Kier molecular flexibility index (Phi) is 6.10. The van der Waals surface area contributed by atoms with Gasteiger partial charge >= 0.3 is 11.9 Å². The van der Waals surface area contributed by atoms with Crippen LogP contribution in [0, 0.1) is 0 Å². The van der Waals surface area contributed by atoms with Crippen molar-refractivity contribution >= 4 is 23.8 Å². The minimum absolute atomic E-state index is 0.0115. The fourth-order valence-electron chi connectivity index (χ4n) is 1.56. The second kappa shape index (κ2) is 7.59. The van der Waals surface area contributed by atoms with E-state index in [0.717, 1.165) is 0 Å². The smallest absolute Gasteiger partial charge is 0.335 e. The SMILES string of the molecule is CC(CCC(=O)O)OCCC(=O)ON1C(=O)CCC1=O. The number of carboxylic acid groups (broad SMARTS) is 1. The second-order valence-electron chi connectivity index (χ2n) is 4.41. The number of ether oxygens (including phenoxy) is 1. The van der Waals surface area contributed by atoms with E-state index in [1.54, 1.807) is 6.92 Å². The number of amides is 2. The van der Waals surface area contributed by atoms with Gasteiger partial charge in [0.05, 0.1) is 19.1 Å². The van der Waals surface area contributed by atoms with Crippen molar-refractivity contribution in [2.24, 2.45) is 0 Å². The van der Waals surface area contributed by atoms with Gasteiger partial charge in [0.1, 0.15) is 0 Å². The summed E-state index contributed by atoms with van der Waals surface area (Å²) in [7, 11) is 0. The molecule has 1 aliphatic rings. The summed E-state index contributed by atoms with van der Waals surface area (Å²) < 4.78 is 5.23. The van der Waals surface area contributed by atoms with Gasteiger partial charge in [-0.3, -0.25) is 14.4 Å². The third-order valence-corrected chi connectivity index (χ3v) is 2.67. The molecular weight excluding hydrogens is 270 g/mol. The zero-order valence-electron chi connectivity index (χ0n) is 11.2. The number of nitrogens with zero attached hydrogens (tertiary/aromatic N) is 1. The van der Waals surface area contributed by atoms with Gasteiger partial charge in [-0.15, -0.1) is 5.06 Å². The van der Waals surface area contributed by atoms with Crippen molar-refractivity contribution < 1.29 is 33.9 Å². The standard InChI is InChI=1S/C12H17NO7/c1-8(2-5-11(16)17)19-7-6-12(18)20-13-9(14)3-4-10(13)15/h8H,2-7H2,1H3,(H,16,17). The van der Waals surface area contributed by atoms with Gasteiger partial charge < -0.3 is 14.7 Å². The highest BCUT2D eigenvalue weighted by atomic mass is 16.7. The Hall–Kier alpha value is -1.96. The summed E-state index contributed by atoms with van der Waals surface area (Å²) in [5, 5.41) is 8.97. The Morgan fingerprint density at radius 2 is 1.85 bits per heavy atom. The maximum absolute atomic E-state index is 11.4. The lowest BCUT2D eigenvalue weighted by Gasteiger charge is -2.14. The molecule has 1 N–H and O–H groups in total. The molecule has 1 saturated heterocycles. The van der Waals surface area contributed by atoms with Crippen molar-refractivity contribution in [2.75, 3.05) is 6.61 Å². The van der Waals surface area contributed by atoms with Crippen molar-refractivity contribution in [3.63, 3.8) is 0 Å². The van der Waals surface area contributed by atoms with Crippen LogP contribution in [0.1, 0.15) is 39.0 Å². The number of carbonyl (C=O) groups excluding carboxylic acids is 3. The molecule has 1 aliphatic heterocycles. The van der Waals surface area contributed by atoms with Crippen molar-refractivity contribution in [1.82, 2.24) is 5.06 Å². The van der Waals surface area contributed by atoms with Crippen LogP contribution in [0.25, 0.3) is 0 Å². The van der Waals surface area contributed by atoms with E-state index in [9.17, 15) is 19.2 Å². The Balaban J connectivity index is 2.18. The van der Waals surface area contributed by atoms with Crippen LogP contribution < -0.4 is 0 Å². The van der Waals surface area contributed by atoms with Gasteiger partial charge in [0, 0.05) is 19.3 Å². The summed E-state index contributed by atoms with van der Waals surface area (Å²) in [5.74, 6) is -2.71. The molecule has 0 aromatic rings. The van der Waals surface area contributed by atoms with E-state index < -0.39 is 23.8 Å². The maximum Gasteiger partial charge on any atom is 0.335 e. The molecule has 0 saturated carbocycles. The molecule has 1 rings (SSSR count). The first-order chi connectivity index (χ1) is 9.40. The van der Waals surface area contributed by atoms with Gasteiger partial charge in [0.2, 0.25) is 0 Å². The molecule has 1 unspecified atom stereocenters. The van der Waals surface area contributed by atoms with Gasteiger partial charge in [-0.05, 0) is 13.3 Å². The zero-order valence-corrected chi connectivity index (χ0v) is 11.2. The molecule has 0 radical (unpaired) electrons. The van der Waals surface area contributed by atoms with Crippen LogP contribution in [0.4, 0.5) is 0 Å². The molecule has 2 amide bonds. The van der Waals surface area contributed by atoms with Crippen LogP contribution in [0.2, 0.25) is 0 Å². The van der Waals surface area contributed by atoms with E-state index >= 15 is 0 Å². The molecule has 1 heterocycles. The van der Waals surface area contributed by atoms with Gasteiger partial charge in [-0.1, -0.05) is 0 Å². The summed E-state index contributed by atoms with van der Waals surface area (Å²) in [6.07, 6.45) is 0.0162. The highest BCUT2D eigenvalue weighted by molar-refractivity contribution is 6.01. The molecule has 1 fully saturated rings. The molecule has 1 atom stereocenters. The normalized spacial score (nSPS) is 16.4. The Morgan fingerprint density at radius 3 is 2.40 bits per heavy atom. The van der Waals surface area contributed by atoms with Gasteiger partial charge in [-0.25, -0.2) is 4.79 Å². The monoisotopic (exact) mass is 287 g/mol. The molecule has 0 aromatic heterocycles. The predicted molar refractivity (Wildman–Crippen MR) is 64.1 cm³/mol. The number of imide groups is 1. The summed E-state index contributed by atoms with van der Waals surface area (Å²) in [6, 6.07) is 0. The fourth-order valence-corrected chi connectivity index (χ4v) is 1.56. The molecule has 8 nitrogen and oxygen atoms in total. The number of rotatable bonds is 8. The van der Waals surface area contributed by atoms with Crippen molar-refractivity contribution in [1.29, 1.82) is 0 Å². The van der Waals surface area contributed by atoms with Gasteiger partial charge in [0.15, 0.2) is 0 Å². The van der Waals surface area contributed by atoms with Crippen LogP contribution in [-0.2, 0) is 28.8 Å². The van der Waals surface area contributed by atoms with Crippen LogP contribution in [0.5, 0.6) is 0 Å². The lowest BCUT2D eigenvalue weighted by molar-refractivity contribution is -0.198. The largest absolute Gasteiger partial charge is 0.481 e. The van der Waals surface area contributed by atoms with Gasteiger partial charge in [0.25, 0.3) is 11.8 Å². The second-order valence-corrected chi connectivity index (χ2v) is 4.41. The number of hydroxylamine groups is 2. The molecule has 112 valence electrons. The van der Waals surface area contributed by atoms with Crippen LogP contribution in [-0.4, -0.2) is 46.6 Å². The summed E-state index contributed by atoms with van der Waals surface area (Å²) in [5.41, 5.74) is 0. The first kappa shape index (κ1) is 16.1. The Morgan fingerprint density at radius 1 is 1.25 bits per heavy atom. The van der Waals surface area contributed by atoms with E-state index in [1.807, 2.05) is 0 Å². The molecular formula is C12H17NO7. The van der Waals surface area contributed by atoms with E-state index in [1.165, 1.54) is 0 Å². The maximum atomic E-state index is 11.4. The van der Waals surface area contributed by atoms with Gasteiger partial charge in [-0.2, -0.15) is 0 Å².